The lowest BCUT2D eigenvalue weighted by Crippen LogP contribution is -2.18. The van der Waals surface area contributed by atoms with Gasteiger partial charge >= 0.3 is 5.97 Å². The quantitative estimate of drug-likeness (QED) is 0.460. The van der Waals surface area contributed by atoms with Crippen LogP contribution in [0.4, 0.5) is 14.5 Å². The van der Waals surface area contributed by atoms with E-state index in [9.17, 15) is 13.6 Å². The molecule has 0 unspecified atom stereocenters. The van der Waals surface area contributed by atoms with E-state index in [1.807, 2.05) is 6.92 Å². The van der Waals surface area contributed by atoms with Crippen molar-refractivity contribution in [1.82, 2.24) is 4.90 Å². The third kappa shape index (κ3) is 3.85. The summed E-state index contributed by atoms with van der Waals surface area (Å²) >= 11 is 0. The number of benzene rings is 1. The topological polar surface area (TPSA) is 55.6 Å². The molecule has 0 fully saturated rings. The number of carbonyl (C=O) groups excluding carboxylic acids is 1. The minimum atomic E-state index is -0.823. The first-order valence-corrected chi connectivity index (χ1v) is 8.30. The smallest absolute Gasteiger partial charge is 0.335 e. The Balaban J connectivity index is 2.53. The molecule has 0 bridgehead atoms. The van der Waals surface area contributed by atoms with E-state index in [-0.39, 0.29) is 16.8 Å². The zero-order valence-electron chi connectivity index (χ0n) is 14.9. The van der Waals surface area contributed by atoms with E-state index in [0.29, 0.717) is 17.7 Å². The minimum Gasteiger partial charge on any atom is -0.466 e. The normalized spacial score (nSPS) is 15.5. The first kappa shape index (κ1) is 19.4. The maximum absolute atomic E-state index is 14.3. The summed E-state index contributed by atoms with van der Waals surface area (Å²) in [6.07, 6.45) is 8.39. The summed E-state index contributed by atoms with van der Waals surface area (Å²) in [6.45, 7) is 5.74. The Hall–Kier alpha value is -2.89. The SMILES string of the molecule is C=CN1C=C(c2c(F)ccc(N)c2F)C=C/C1=C(/CCCC)C(=O)OC. The number of carbonyl (C=O) groups is 1. The van der Waals surface area contributed by atoms with Crippen LogP contribution >= 0.6 is 0 Å². The van der Waals surface area contributed by atoms with Crippen molar-refractivity contribution in [2.45, 2.75) is 26.2 Å². The first-order valence-electron chi connectivity index (χ1n) is 8.30. The summed E-state index contributed by atoms with van der Waals surface area (Å²) in [6, 6.07) is 2.30. The van der Waals surface area contributed by atoms with Gasteiger partial charge in [-0.15, -0.1) is 0 Å². The number of nitrogens with two attached hydrogens (primary N) is 1. The van der Waals surface area contributed by atoms with E-state index >= 15 is 0 Å². The van der Waals surface area contributed by atoms with Gasteiger partial charge in [-0.1, -0.05) is 26.0 Å². The fraction of sp³-hybridized carbons (Fsp3) is 0.250. The number of anilines is 1. The molecule has 4 nitrogen and oxygen atoms in total. The van der Waals surface area contributed by atoms with Gasteiger partial charge in [0.25, 0.3) is 0 Å². The molecule has 1 aliphatic heterocycles. The predicted molar refractivity (Wildman–Crippen MR) is 98.5 cm³/mol. The maximum atomic E-state index is 14.3. The molecule has 1 aromatic carbocycles. The Morgan fingerprint density at radius 1 is 1.35 bits per heavy atom. The van der Waals surface area contributed by atoms with Crippen molar-refractivity contribution in [2.75, 3.05) is 12.8 Å². The summed E-state index contributed by atoms with van der Waals surface area (Å²) in [7, 11) is 1.32. The molecule has 1 aliphatic rings. The number of methoxy groups -OCH3 is 1. The second kappa shape index (κ2) is 8.47. The average Bonchev–Trinajstić information content (AvgIpc) is 2.65. The van der Waals surface area contributed by atoms with E-state index in [0.717, 1.165) is 18.9 Å². The number of unbranched alkanes of at least 4 members (excludes halogenated alkanes) is 1. The number of allylic oxidation sites excluding steroid dienone is 3. The summed E-state index contributed by atoms with van der Waals surface area (Å²) in [5.41, 5.74) is 6.53. The average molecular weight is 360 g/mol. The Morgan fingerprint density at radius 2 is 2.08 bits per heavy atom. The molecular weight excluding hydrogens is 338 g/mol. The second-order valence-electron chi connectivity index (χ2n) is 5.79. The summed E-state index contributed by atoms with van der Waals surface area (Å²) < 4.78 is 33.3. The molecule has 0 atom stereocenters. The number of halogens is 2. The Bertz CT molecular complexity index is 810. The lowest BCUT2D eigenvalue weighted by molar-refractivity contribution is -0.136. The van der Waals surface area contributed by atoms with Gasteiger partial charge in [0.05, 0.1) is 29.6 Å². The molecular formula is C20H22F2N2O2. The van der Waals surface area contributed by atoms with Crippen molar-refractivity contribution in [2.24, 2.45) is 0 Å². The van der Waals surface area contributed by atoms with Gasteiger partial charge in [-0.25, -0.2) is 13.6 Å². The minimum absolute atomic E-state index is 0.139. The standard InChI is InChI=1S/C20H22F2N2O2/c1-4-6-7-14(20(25)26-3)17-11-8-13(12-24(17)5-2)18-15(21)9-10-16(23)19(18)22/h5,8-12H,2,4,6-7,23H2,1,3H3/b17-14+. The van der Waals surface area contributed by atoms with Gasteiger partial charge in [0.15, 0.2) is 5.82 Å². The third-order valence-electron chi connectivity index (χ3n) is 4.10. The molecule has 2 rings (SSSR count). The predicted octanol–water partition coefficient (Wildman–Crippen LogP) is 4.52. The Labute approximate surface area is 151 Å². The molecule has 1 heterocycles. The number of nitrogens with zero attached hydrogens (tertiary/aromatic N) is 1. The highest BCUT2D eigenvalue weighted by molar-refractivity contribution is 5.90. The van der Waals surface area contributed by atoms with Crippen molar-refractivity contribution in [3.8, 4) is 0 Å². The van der Waals surface area contributed by atoms with Crippen LogP contribution in [0.2, 0.25) is 0 Å². The van der Waals surface area contributed by atoms with Crippen LogP contribution in [0.5, 0.6) is 0 Å². The second-order valence-corrected chi connectivity index (χ2v) is 5.79. The maximum Gasteiger partial charge on any atom is 0.335 e. The van der Waals surface area contributed by atoms with Crippen LogP contribution in [0.1, 0.15) is 31.7 Å². The number of hydrogen-bond acceptors (Lipinski definition) is 4. The van der Waals surface area contributed by atoms with Crippen LogP contribution in [-0.2, 0) is 9.53 Å². The van der Waals surface area contributed by atoms with Crippen LogP contribution in [0.25, 0.3) is 5.57 Å². The van der Waals surface area contributed by atoms with Gasteiger partial charge in [-0.3, -0.25) is 0 Å². The fourth-order valence-electron chi connectivity index (χ4n) is 2.72. The lowest BCUT2D eigenvalue weighted by Gasteiger charge is -2.25. The lowest BCUT2D eigenvalue weighted by atomic mass is 9.98. The van der Waals surface area contributed by atoms with Crippen molar-refractivity contribution in [3.63, 3.8) is 0 Å². The van der Waals surface area contributed by atoms with E-state index in [1.54, 1.807) is 17.1 Å². The highest BCUT2D eigenvalue weighted by Gasteiger charge is 2.22. The van der Waals surface area contributed by atoms with Gasteiger partial charge in [0.1, 0.15) is 5.82 Å². The molecule has 0 aliphatic carbocycles. The zero-order chi connectivity index (χ0) is 19.3. The van der Waals surface area contributed by atoms with Gasteiger partial charge < -0.3 is 15.4 Å². The monoisotopic (exact) mass is 360 g/mol. The van der Waals surface area contributed by atoms with Crippen molar-refractivity contribution >= 4 is 17.2 Å². The first-order chi connectivity index (χ1) is 12.4. The zero-order valence-corrected chi connectivity index (χ0v) is 14.9. The van der Waals surface area contributed by atoms with E-state index in [4.69, 9.17) is 10.5 Å². The van der Waals surface area contributed by atoms with E-state index < -0.39 is 17.6 Å². The number of hydrogen-bond donors (Lipinski definition) is 1. The van der Waals surface area contributed by atoms with Gasteiger partial charge in [0.2, 0.25) is 0 Å². The highest BCUT2D eigenvalue weighted by Crippen LogP contribution is 2.32. The van der Waals surface area contributed by atoms with Gasteiger partial charge in [0, 0.05) is 18.0 Å². The van der Waals surface area contributed by atoms with Crippen LogP contribution in [0.15, 0.2) is 54.5 Å². The van der Waals surface area contributed by atoms with Crippen molar-refractivity contribution in [3.05, 3.63) is 71.7 Å². The molecule has 0 spiro atoms. The number of ether oxygens (including phenoxy) is 1. The third-order valence-corrected chi connectivity index (χ3v) is 4.10. The van der Waals surface area contributed by atoms with Crippen LogP contribution < -0.4 is 5.73 Å². The molecule has 138 valence electrons. The van der Waals surface area contributed by atoms with Gasteiger partial charge in [-0.05, 0) is 31.1 Å². The molecule has 0 radical (unpaired) electrons. The number of rotatable bonds is 6. The van der Waals surface area contributed by atoms with E-state index in [1.165, 1.54) is 25.6 Å². The fourth-order valence-corrected chi connectivity index (χ4v) is 2.72. The summed E-state index contributed by atoms with van der Waals surface area (Å²) in [4.78, 5) is 13.7. The largest absolute Gasteiger partial charge is 0.466 e. The number of nitrogen functional groups attached to an aromatic ring is 1. The molecule has 1 aromatic rings. The van der Waals surface area contributed by atoms with E-state index in [2.05, 4.69) is 6.58 Å². The van der Waals surface area contributed by atoms with Crippen LogP contribution in [0, 0.1) is 11.6 Å². The number of esters is 1. The summed E-state index contributed by atoms with van der Waals surface area (Å²) in [5.74, 6) is -1.98. The summed E-state index contributed by atoms with van der Waals surface area (Å²) in [5, 5.41) is 0. The molecule has 0 amide bonds. The Kier molecular flexibility index (Phi) is 6.33. The molecule has 0 saturated heterocycles. The molecule has 2 N–H and O–H groups in total. The van der Waals surface area contributed by atoms with Crippen LogP contribution in [-0.4, -0.2) is 18.0 Å². The molecule has 6 heteroatoms. The highest BCUT2D eigenvalue weighted by atomic mass is 19.1. The molecule has 26 heavy (non-hydrogen) atoms. The molecule has 0 aromatic heterocycles. The molecule has 0 saturated carbocycles. The van der Waals surface area contributed by atoms with Crippen molar-refractivity contribution in [1.29, 1.82) is 0 Å². The van der Waals surface area contributed by atoms with Crippen molar-refractivity contribution < 1.29 is 18.3 Å². The Morgan fingerprint density at radius 3 is 2.69 bits per heavy atom. The van der Waals surface area contributed by atoms with Crippen LogP contribution in [0.3, 0.4) is 0 Å². The van der Waals surface area contributed by atoms with Gasteiger partial charge in [-0.2, -0.15) is 0 Å².